The highest BCUT2D eigenvalue weighted by Gasteiger charge is 2.13. The van der Waals surface area contributed by atoms with E-state index < -0.39 is 0 Å². The Morgan fingerprint density at radius 2 is 1.83 bits per heavy atom. The summed E-state index contributed by atoms with van der Waals surface area (Å²) >= 11 is 5.95. The maximum atomic E-state index is 9.82. The lowest BCUT2D eigenvalue weighted by atomic mass is 10.1. The highest BCUT2D eigenvalue weighted by Crippen LogP contribution is 2.20. The third-order valence-electron chi connectivity index (χ3n) is 4.19. The van der Waals surface area contributed by atoms with Gasteiger partial charge < -0.3 is 5.11 Å². The van der Waals surface area contributed by atoms with Crippen molar-refractivity contribution in [1.29, 1.82) is 0 Å². The van der Waals surface area contributed by atoms with Gasteiger partial charge in [0.25, 0.3) is 0 Å². The fourth-order valence-electron chi connectivity index (χ4n) is 2.92. The zero-order valence-electron chi connectivity index (χ0n) is 13.1. The van der Waals surface area contributed by atoms with Gasteiger partial charge in [0.05, 0.1) is 6.54 Å². The molecule has 1 saturated heterocycles. The van der Waals surface area contributed by atoms with Gasteiger partial charge in [-0.15, -0.1) is 0 Å². The van der Waals surface area contributed by atoms with Crippen LogP contribution >= 0.6 is 11.6 Å². The maximum absolute atomic E-state index is 9.82. The van der Waals surface area contributed by atoms with E-state index in [-0.39, 0.29) is 5.75 Å². The molecule has 4 heteroatoms. The first-order valence-corrected chi connectivity index (χ1v) is 8.37. The van der Waals surface area contributed by atoms with Crippen molar-refractivity contribution in [2.75, 3.05) is 13.1 Å². The van der Waals surface area contributed by atoms with Crippen molar-refractivity contribution in [3.05, 3.63) is 64.2 Å². The molecule has 0 aliphatic carbocycles. The van der Waals surface area contributed by atoms with Gasteiger partial charge >= 0.3 is 0 Å². The zero-order chi connectivity index (χ0) is 16.1. The molecule has 0 atom stereocenters. The predicted octanol–water partition coefficient (Wildman–Crippen LogP) is 4.26. The number of phenolic OH excluding ortho intramolecular Hbond substituents is 1. The van der Waals surface area contributed by atoms with E-state index in [9.17, 15) is 5.11 Å². The molecular formula is C19H21ClN2O. The number of rotatable bonds is 5. The average Bonchev–Trinajstić information content (AvgIpc) is 3.05. The first-order valence-electron chi connectivity index (χ1n) is 8.00. The second-order valence-electron chi connectivity index (χ2n) is 5.92. The summed E-state index contributed by atoms with van der Waals surface area (Å²) in [5, 5.41) is 10.4. The number of aliphatic imine (C=N–C) groups is 1. The standard InChI is InChI=1S/C19H21ClN2O/c20-18-7-8-19(23)17(11-18)13-21-12-15-5-1-2-6-16(15)14-22-9-3-4-10-22/h1-2,5-8,11,13,23H,3-4,9-10,12,14H2. The monoisotopic (exact) mass is 328 g/mol. The second kappa shape index (κ2) is 7.62. The highest BCUT2D eigenvalue weighted by atomic mass is 35.5. The first-order chi connectivity index (χ1) is 11.2. The minimum Gasteiger partial charge on any atom is -0.507 e. The summed E-state index contributed by atoms with van der Waals surface area (Å²) in [4.78, 5) is 6.98. The Balaban J connectivity index is 1.70. The Labute approximate surface area is 142 Å². The lowest BCUT2D eigenvalue weighted by molar-refractivity contribution is 0.330. The van der Waals surface area contributed by atoms with Crippen LogP contribution in [0.2, 0.25) is 5.02 Å². The van der Waals surface area contributed by atoms with E-state index in [1.54, 1.807) is 24.4 Å². The molecule has 2 aromatic carbocycles. The SMILES string of the molecule is Oc1ccc(Cl)cc1C=NCc1ccccc1CN1CCCC1. The van der Waals surface area contributed by atoms with Crippen LogP contribution in [0.25, 0.3) is 0 Å². The van der Waals surface area contributed by atoms with Gasteiger partial charge in [0.1, 0.15) is 5.75 Å². The van der Waals surface area contributed by atoms with Crippen molar-refractivity contribution in [3.8, 4) is 5.75 Å². The molecule has 0 aromatic heterocycles. The minimum absolute atomic E-state index is 0.198. The Morgan fingerprint density at radius 3 is 2.61 bits per heavy atom. The molecule has 23 heavy (non-hydrogen) atoms. The van der Waals surface area contributed by atoms with Crippen LogP contribution < -0.4 is 0 Å². The normalized spacial score (nSPS) is 15.5. The number of aromatic hydroxyl groups is 1. The van der Waals surface area contributed by atoms with Gasteiger partial charge in [-0.05, 0) is 55.3 Å². The van der Waals surface area contributed by atoms with Crippen molar-refractivity contribution < 1.29 is 5.11 Å². The summed E-state index contributed by atoms with van der Waals surface area (Å²) < 4.78 is 0. The molecule has 0 bridgehead atoms. The van der Waals surface area contributed by atoms with E-state index in [0.717, 1.165) is 6.54 Å². The van der Waals surface area contributed by atoms with Gasteiger partial charge in [0.2, 0.25) is 0 Å². The Kier molecular flexibility index (Phi) is 5.31. The summed E-state index contributed by atoms with van der Waals surface area (Å²) in [6.07, 6.45) is 4.29. The number of benzene rings is 2. The van der Waals surface area contributed by atoms with E-state index >= 15 is 0 Å². The zero-order valence-corrected chi connectivity index (χ0v) is 13.8. The van der Waals surface area contributed by atoms with Crippen molar-refractivity contribution >= 4 is 17.8 Å². The maximum Gasteiger partial charge on any atom is 0.124 e. The Bertz CT molecular complexity index is 694. The van der Waals surface area contributed by atoms with Gasteiger partial charge in [0.15, 0.2) is 0 Å². The number of phenols is 1. The second-order valence-corrected chi connectivity index (χ2v) is 6.36. The largest absolute Gasteiger partial charge is 0.507 e. The number of hydrogen-bond donors (Lipinski definition) is 1. The molecule has 3 rings (SSSR count). The van der Waals surface area contributed by atoms with Crippen molar-refractivity contribution in [2.45, 2.75) is 25.9 Å². The van der Waals surface area contributed by atoms with Gasteiger partial charge in [-0.3, -0.25) is 9.89 Å². The highest BCUT2D eigenvalue weighted by molar-refractivity contribution is 6.30. The predicted molar refractivity (Wildman–Crippen MR) is 95.4 cm³/mol. The van der Waals surface area contributed by atoms with Crippen molar-refractivity contribution in [3.63, 3.8) is 0 Å². The van der Waals surface area contributed by atoms with Crippen LogP contribution in [0.15, 0.2) is 47.5 Å². The fraction of sp³-hybridized carbons (Fsp3) is 0.316. The van der Waals surface area contributed by atoms with Crippen molar-refractivity contribution in [2.24, 2.45) is 4.99 Å². The summed E-state index contributed by atoms with van der Waals surface area (Å²) in [5.74, 6) is 0.198. The van der Waals surface area contributed by atoms with Gasteiger partial charge in [0, 0.05) is 23.3 Å². The molecule has 0 saturated carbocycles. The molecule has 120 valence electrons. The first kappa shape index (κ1) is 16.0. The van der Waals surface area contributed by atoms with Crippen LogP contribution in [0.5, 0.6) is 5.75 Å². The van der Waals surface area contributed by atoms with Crippen LogP contribution in [-0.2, 0) is 13.1 Å². The molecule has 0 spiro atoms. The molecule has 3 nitrogen and oxygen atoms in total. The average molecular weight is 329 g/mol. The third kappa shape index (κ3) is 4.34. The Hall–Kier alpha value is -1.84. The molecular weight excluding hydrogens is 308 g/mol. The van der Waals surface area contributed by atoms with Gasteiger partial charge in [-0.25, -0.2) is 0 Å². The molecule has 1 aliphatic rings. The summed E-state index contributed by atoms with van der Waals surface area (Å²) in [6, 6.07) is 13.4. The summed E-state index contributed by atoms with van der Waals surface area (Å²) in [7, 11) is 0. The summed E-state index contributed by atoms with van der Waals surface area (Å²) in [6.45, 7) is 3.98. The molecule has 2 aromatic rings. The minimum atomic E-state index is 0.198. The Morgan fingerprint density at radius 1 is 1.09 bits per heavy atom. The van der Waals surface area contributed by atoms with Crippen LogP contribution in [0.4, 0.5) is 0 Å². The van der Waals surface area contributed by atoms with Crippen LogP contribution in [0.1, 0.15) is 29.5 Å². The number of likely N-dealkylation sites (tertiary alicyclic amines) is 1. The lowest BCUT2D eigenvalue weighted by Gasteiger charge is -2.16. The smallest absolute Gasteiger partial charge is 0.124 e. The topological polar surface area (TPSA) is 35.8 Å². The summed E-state index contributed by atoms with van der Waals surface area (Å²) in [5.41, 5.74) is 3.22. The molecule has 1 heterocycles. The van der Waals surface area contributed by atoms with Crippen LogP contribution in [-0.4, -0.2) is 29.3 Å². The number of hydrogen-bond acceptors (Lipinski definition) is 3. The van der Waals surface area contributed by atoms with Crippen LogP contribution in [0, 0.1) is 0 Å². The quantitative estimate of drug-likeness (QED) is 0.832. The van der Waals surface area contributed by atoms with Crippen LogP contribution in [0.3, 0.4) is 0 Å². The van der Waals surface area contributed by atoms with E-state index in [0.29, 0.717) is 17.1 Å². The van der Waals surface area contributed by atoms with E-state index in [2.05, 4.69) is 34.2 Å². The molecule has 1 aliphatic heterocycles. The van der Waals surface area contributed by atoms with Crippen molar-refractivity contribution in [1.82, 2.24) is 4.90 Å². The molecule has 0 amide bonds. The van der Waals surface area contributed by atoms with E-state index in [4.69, 9.17) is 11.6 Å². The molecule has 1 N–H and O–H groups in total. The molecule has 1 fully saturated rings. The third-order valence-corrected chi connectivity index (χ3v) is 4.43. The number of nitrogens with zero attached hydrogens (tertiary/aromatic N) is 2. The van der Waals surface area contributed by atoms with Gasteiger partial charge in [-0.2, -0.15) is 0 Å². The molecule has 0 radical (unpaired) electrons. The fourth-order valence-corrected chi connectivity index (χ4v) is 3.10. The molecule has 0 unspecified atom stereocenters. The van der Waals surface area contributed by atoms with E-state index in [1.807, 2.05) is 0 Å². The lowest BCUT2D eigenvalue weighted by Crippen LogP contribution is -2.19. The van der Waals surface area contributed by atoms with E-state index in [1.165, 1.54) is 37.1 Å². The van der Waals surface area contributed by atoms with Gasteiger partial charge in [-0.1, -0.05) is 35.9 Å². The number of halogens is 1.